The number of anilines is 1. The van der Waals surface area contributed by atoms with Crippen molar-refractivity contribution in [2.75, 3.05) is 37.7 Å². The van der Waals surface area contributed by atoms with Gasteiger partial charge in [0.05, 0.1) is 6.67 Å². The molecule has 2 aliphatic rings. The first kappa shape index (κ1) is 20.7. The molecule has 2 fully saturated rings. The number of urea groups is 1. The molecule has 1 atom stereocenters. The number of carbonyl (C=O) groups is 2. The van der Waals surface area contributed by atoms with Crippen LogP contribution in [-0.2, 0) is 11.3 Å². The number of hydrogen-bond acceptors (Lipinski definition) is 5. The standard InChI is InChI=1S/C25H26N4O2S/c30-24-23(22-12-7-17-32-22)28(18-20-8-3-1-4-9-20)25(31)29(24)19-26-13-15-27(16-14-26)21-10-5-2-6-11-21/h1-12,17,23H,13-16,18-19H2/t23-/m1/s1. The van der Waals surface area contributed by atoms with E-state index in [9.17, 15) is 9.59 Å². The van der Waals surface area contributed by atoms with E-state index in [2.05, 4.69) is 34.1 Å². The summed E-state index contributed by atoms with van der Waals surface area (Å²) in [5.41, 5.74) is 2.24. The molecule has 0 saturated carbocycles. The Balaban J connectivity index is 1.30. The Labute approximate surface area is 192 Å². The smallest absolute Gasteiger partial charge is 0.329 e. The summed E-state index contributed by atoms with van der Waals surface area (Å²) in [4.78, 5) is 35.4. The van der Waals surface area contributed by atoms with Gasteiger partial charge in [0.15, 0.2) is 0 Å². The second kappa shape index (κ2) is 9.14. The lowest BCUT2D eigenvalue weighted by atomic mass is 10.1. The fraction of sp³-hybridized carbons (Fsp3) is 0.280. The third-order valence-electron chi connectivity index (χ3n) is 6.13. The van der Waals surface area contributed by atoms with Crippen LogP contribution in [0.3, 0.4) is 0 Å². The molecule has 2 saturated heterocycles. The van der Waals surface area contributed by atoms with Gasteiger partial charge in [-0.2, -0.15) is 0 Å². The van der Waals surface area contributed by atoms with E-state index in [4.69, 9.17) is 0 Å². The number of carbonyl (C=O) groups excluding carboxylic acids is 2. The molecule has 164 valence electrons. The average molecular weight is 447 g/mol. The first-order valence-corrected chi connectivity index (χ1v) is 11.8. The summed E-state index contributed by atoms with van der Waals surface area (Å²) >= 11 is 1.52. The summed E-state index contributed by atoms with van der Waals surface area (Å²) in [6.45, 7) is 4.15. The van der Waals surface area contributed by atoms with Crippen LogP contribution in [0.15, 0.2) is 78.2 Å². The largest absolute Gasteiger partial charge is 0.369 e. The molecule has 0 aliphatic carbocycles. The summed E-state index contributed by atoms with van der Waals surface area (Å²) in [5.74, 6) is -0.126. The van der Waals surface area contributed by atoms with Crippen molar-refractivity contribution in [3.05, 3.63) is 88.6 Å². The number of amides is 3. The quantitative estimate of drug-likeness (QED) is 0.537. The minimum atomic E-state index is -0.548. The third kappa shape index (κ3) is 4.13. The number of piperazine rings is 1. The van der Waals surface area contributed by atoms with Gasteiger partial charge in [-0.15, -0.1) is 11.3 Å². The molecule has 32 heavy (non-hydrogen) atoms. The summed E-state index contributed by atoms with van der Waals surface area (Å²) < 4.78 is 0. The molecule has 0 bridgehead atoms. The van der Waals surface area contributed by atoms with Crippen LogP contribution < -0.4 is 4.90 Å². The van der Waals surface area contributed by atoms with Crippen LogP contribution in [-0.4, -0.2) is 59.5 Å². The van der Waals surface area contributed by atoms with Crippen molar-refractivity contribution in [1.29, 1.82) is 0 Å². The first-order chi connectivity index (χ1) is 15.7. The zero-order chi connectivity index (χ0) is 21.9. The number of thiophene rings is 1. The Morgan fingerprint density at radius 2 is 1.50 bits per heavy atom. The fourth-order valence-corrected chi connectivity index (χ4v) is 5.25. The predicted molar refractivity (Wildman–Crippen MR) is 126 cm³/mol. The molecule has 0 radical (unpaired) electrons. The summed E-state index contributed by atoms with van der Waals surface area (Å²) in [5, 5.41) is 1.96. The molecule has 0 N–H and O–H groups in total. The van der Waals surface area contributed by atoms with Crippen LogP contribution in [0.4, 0.5) is 10.5 Å². The molecule has 5 rings (SSSR count). The minimum Gasteiger partial charge on any atom is -0.369 e. The number of para-hydroxylation sites is 1. The Bertz CT molecular complexity index is 1050. The minimum absolute atomic E-state index is 0.126. The molecule has 1 aromatic heterocycles. The van der Waals surface area contributed by atoms with Gasteiger partial charge in [0, 0.05) is 43.3 Å². The highest BCUT2D eigenvalue weighted by atomic mass is 32.1. The molecule has 7 heteroatoms. The number of imide groups is 1. The van der Waals surface area contributed by atoms with Crippen molar-refractivity contribution >= 4 is 29.0 Å². The highest BCUT2D eigenvalue weighted by Gasteiger charge is 2.46. The maximum Gasteiger partial charge on any atom is 0.329 e. The molecular weight excluding hydrogens is 420 g/mol. The van der Waals surface area contributed by atoms with Crippen molar-refractivity contribution in [2.45, 2.75) is 12.6 Å². The highest BCUT2D eigenvalue weighted by molar-refractivity contribution is 7.10. The number of nitrogens with zero attached hydrogens (tertiary/aromatic N) is 4. The van der Waals surface area contributed by atoms with Gasteiger partial charge in [-0.05, 0) is 29.1 Å². The van der Waals surface area contributed by atoms with E-state index in [0.29, 0.717) is 13.2 Å². The van der Waals surface area contributed by atoms with E-state index in [1.54, 1.807) is 4.90 Å². The number of benzene rings is 2. The summed E-state index contributed by atoms with van der Waals surface area (Å²) in [6, 6.07) is 23.4. The summed E-state index contributed by atoms with van der Waals surface area (Å²) in [6.07, 6.45) is 0. The molecule has 3 heterocycles. The number of hydrogen-bond donors (Lipinski definition) is 0. The molecule has 2 aliphatic heterocycles. The number of rotatable bonds is 6. The van der Waals surface area contributed by atoms with Crippen LogP contribution in [0.25, 0.3) is 0 Å². The van der Waals surface area contributed by atoms with Crippen molar-refractivity contribution in [2.24, 2.45) is 0 Å². The van der Waals surface area contributed by atoms with Crippen LogP contribution in [0.5, 0.6) is 0 Å². The lowest BCUT2D eigenvalue weighted by Crippen LogP contribution is -2.51. The van der Waals surface area contributed by atoms with Crippen molar-refractivity contribution in [3.8, 4) is 0 Å². The van der Waals surface area contributed by atoms with Crippen LogP contribution >= 0.6 is 11.3 Å². The Hall–Kier alpha value is -3.16. The zero-order valence-electron chi connectivity index (χ0n) is 17.8. The first-order valence-electron chi connectivity index (χ1n) is 10.9. The van der Waals surface area contributed by atoms with E-state index in [-0.39, 0.29) is 11.9 Å². The molecule has 3 amide bonds. The Kier molecular flexibility index (Phi) is 5.92. The van der Waals surface area contributed by atoms with Gasteiger partial charge >= 0.3 is 6.03 Å². The Morgan fingerprint density at radius 3 is 2.16 bits per heavy atom. The van der Waals surface area contributed by atoms with E-state index < -0.39 is 6.04 Å². The fourth-order valence-electron chi connectivity index (χ4n) is 4.42. The predicted octanol–water partition coefficient (Wildman–Crippen LogP) is 4.03. The maximum atomic E-state index is 13.4. The van der Waals surface area contributed by atoms with E-state index >= 15 is 0 Å². The van der Waals surface area contributed by atoms with Crippen molar-refractivity contribution < 1.29 is 9.59 Å². The van der Waals surface area contributed by atoms with Crippen LogP contribution in [0.1, 0.15) is 16.5 Å². The van der Waals surface area contributed by atoms with Crippen LogP contribution in [0, 0.1) is 0 Å². The van der Waals surface area contributed by atoms with Crippen LogP contribution in [0.2, 0.25) is 0 Å². The lowest BCUT2D eigenvalue weighted by molar-refractivity contribution is -0.129. The van der Waals surface area contributed by atoms with Crippen molar-refractivity contribution in [3.63, 3.8) is 0 Å². The zero-order valence-corrected chi connectivity index (χ0v) is 18.7. The van der Waals surface area contributed by atoms with E-state index in [1.165, 1.54) is 21.9 Å². The van der Waals surface area contributed by atoms with E-state index in [1.807, 2.05) is 53.9 Å². The lowest BCUT2D eigenvalue weighted by Gasteiger charge is -2.37. The molecule has 0 unspecified atom stereocenters. The van der Waals surface area contributed by atoms with Gasteiger partial charge < -0.3 is 9.80 Å². The maximum absolute atomic E-state index is 13.4. The summed E-state index contributed by atoms with van der Waals surface area (Å²) in [7, 11) is 0. The second-order valence-electron chi connectivity index (χ2n) is 8.16. The molecule has 3 aromatic rings. The second-order valence-corrected chi connectivity index (χ2v) is 9.14. The average Bonchev–Trinajstić information content (AvgIpc) is 3.44. The van der Waals surface area contributed by atoms with Gasteiger partial charge in [0.2, 0.25) is 0 Å². The molecule has 6 nitrogen and oxygen atoms in total. The van der Waals surface area contributed by atoms with Crippen molar-refractivity contribution in [1.82, 2.24) is 14.7 Å². The molecule has 0 spiro atoms. The highest BCUT2D eigenvalue weighted by Crippen LogP contribution is 2.35. The third-order valence-corrected chi connectivity index (χ3v) is 7.06. The SMILES string of the molecule is O=C1[C@@H](c2cccs2)N(Cc2ccccc2)C(=O)N1CN1CCN(c2ccccc2)CC1. The monoisotopic (exact) mass is 446 g/mol. The van der Waals surface area contributed by atoms with Gasteiger partial charge in [-0.1, -0.05) is 54.6 Å². The van der Waals surface area contributed by atoms with Gasteiger partial charge in [-0.25, -0.2) is 9.69 Å². The van der Waals surface area contributed by atoms with Gasteiger partial charge in [0.25, 0.3) is 5.91 Å². The molecule has 2 aromatic carbocycles. The van der Waals surface area contributed by atoms with E-state index in [0.717, 1.165) is 36.6 Å². The normalized spacial score (nSPS) is 19.8. The van der Waals surface area contributed by atoms with Gasteiger partial charge in [0.1, 0.15) is 6.04 Å². The Morgan fingerprint density at radius 1 is 0.812 bits per heavy atom. The molecular formula is C25H26N4O2S. The topological polar surface area (TPSA) is 47.1 Å². The van der Waals surface area contributed by atoms with Gasteiger partial charge in [-0.3, -0.25) is 9.69 Å².